The third-order valence-electron chi connectivity index (χ3n) is 4.82. The summed E-state index contributed by atoms with van der Waals surface area (Å²) < 4.78 is 0. The zero-order valence-electron chi connectivity index (χ0n) is 13.1. The number of hydrogen-bond acceptors (Lipinski definition) is 3. The van der Waals surface area contributed by atoms with Crippen LogP contribution in [0, 0.1) is 0 Å². The molecule has 2 heterocycles. The van der Waals surface area contributed by atoms with E-state index in [0.29, 0.717) is 6.04 Å². The number of benzene rings is 1. The molecule has 0 bridgehead atoms. The quantitative estimate of drug-likeness (QED) is 0.895. The van der Waals surface area contributed by atoms with Gasteiger partial charge in [0, 0.05) is 31.2 Å². The van der Waals surface area contributed by atoms with E-state index in [1.807, 2.05) is 11.0 Å². The standard InChI is InChI=1S/C17H25N3O/c1-19(2)16-6-9-20(10-7-16)17(21)14-3-4-15-12-18-8-5-13(15)11-14/h3-4,11,16,18H,5-10,12H2,1-2H3. The molecule has 1 amide bonds. The first-order valence-corrected chi connectivity index (χ1v) is 7.93. The predicted octanol–water partition coefficient (Wildman–Crippen LogP) is 1.50. The maximum absolute atomic E-state index is 12.7. The van der Waals surface area contributed by atoms with E-state index in [4.69, 9.17) is 0 Å². The topological polar surface area (TPSA) is 35.6 Å². The van der Waals surface area contributed by atoms with Crippen molar-refractivity contribution in [1.82, 2.24) is 15.1 Å². The number of piperidine rings is 1. The van der Waals surface area contributed by atoms with E-state index >= 15 is 0 Å². The van der Waals surface area contributed by atoms with Crippen LogP contribution >= 0.6 is 0 Å². The maximum Gasteiger partial charge on any atom is 0.253 e. The Balaban J connectivity index is 1.68. The lowest BCUT2D eigenvalue weighted by atomic mass is 9.97. The highest BCUT2D eigenvalue weighted by atomic mass is 16.2. The Labute approximate surface area is 127 Å². The summed E-state index contributed by atoms with van der Waals surface area (Å²) in [7, 11) is 4.25. The van der Waals surface area contributed by atoms with Crippen LogP contribution in [-0.4, -0.2) is 55.5 Å². The Morgan fingerprint density at radius 2 is 2.00 bits per heavy atom. The Morgan fingerprint density at radius 3 is 2.71 bits per heavy atom. The third kappa shape index (κ3) is 3.11. The van der Waals surface area contributed by atoms with Crippen LogP contribution in [-0.2, 0) is 13.0 Å². The lowest BCUT2D eigenvalue weighted by Crippen LogP contribution is -2.44. The predicted molar refractivity (Wildman–Crippen MR) is 84.5 cm³/mol. The molecule has 0 saturated carbocycles. The fraction of sp³-hybridized carbons (Fsp3) is 0.588. The second-order valence-corrected chi connectivity index (χ2v) is 6.40. The number of hydrogen-bond donors (Lipinski definition) is 1. The molecule has 1 N–H and O–H groups in total. The van der Waals surface area contributed by atoms with E-state index in [0.717, 1.165) is 51.0 Å². The summed E-state index contributed by atoms with van der Waals surface area (Å²) in [6.45, 7) is 3.69. The fourth-order valence-corrected chi connectivity index (χ4v) is 3.38. The number of fused-ring (bicyclic) bond motifs is 1. The van der Waals surface area contributed by atoms with Crippen LogP contribution in [0.1, 0.15) is 34.3 Å². The minimum atomic E-state index is 0.202. The van der Waals surface area contributed by atoms with Crippen LogP contribution in [0.3, 0.4) is 0 Å². The average Bonchev–Trinajstić information content (AvgIpc) is 2.54. The van der Waals surface area contributed by atoms with Gasteiger partial charge in [0.15, 0.2) is 0 Å². The molecular weight excluding hydrogens is 262 g/mol. The summed E-state index contributed by atoms with van der Waals surface area (Å²) in [5, 5.41) is 3.37. The van der Waals surface area contributed by atoms with Gasteiger partial charge in [-0.25, -0.2) is 0 Å². The number of rotatable bonds is 2. The monoisotopic (exact) mass is 287 g/mol. The van der Waals surface area contributed by atoms with E-state index in [-0.39, 0.29) is 5.91 Å². The molecule has 0 aliphatic carbocycles. The van der Waals surface area contributed by atoms with Crippen molar-refractivity contribution in [3.05, 3.63) is 34.9 Å². The zero-order chi connectivity index (χ0) is 14.8. The van der Waals surface area contributed by atoms with Crippen molar-refractivity contribution >= 4 is 5.91 Å². The summed E-state index contributed by atoms with van der Waals surface area (Å²) in [5.41, 5.74) is 3.53. The molecule has 0 unspecified atom stereocenters. The largest absolute Gasteiger partial charge is 0.339 e. The van der Waals surface area contributed by atoms with Gasteiger partial charge in [-0.2, -0.15) is 0 Å². The van der Waals surface area contributed by atoms with Crippen LogP contribution in [0.15, 0.2) is 18.2 Å². The van der Waals surface area contributed by atoms with Crippen molar-refractivity contribution in [3.63, 3.8) is 0 Å². The molecule has 21 heavy (non-hydrogen) atoms. The van der Waals surface area contributed by atoms with Gasteiger partial charge >= 0.3 is 0 Å². The molecule has 4 nitrogen and oxygen atoms in total. The second-order valence-electron chi connectivity index (χ2n) is 6.40. The zero-order valence-corrected chi connectivity index (χ0v) is 13.1. The molecule has 0 radical (unpaired) electrons. The Hall–Kier alpha value is -1.39. The lowest BCUT2D eigenvalue weighted by Gasteiger charge is -2.35. The first-order valence-electron chi connectivity index (χ1n) is 7.93. The van der Waals surface area contributed by atoms with Crippen molar-refractivity contribution in [1.29, 1.82) is 0 Å². The van der Waals surface area contributed by atoms with E-state index in [1.165, 1.54) is 11.1 Å². The van der Waals surface area contributed by atoms with Crippen molar-refractivity contribution in [3.8, 4) is 0 Å². The molecular formula is C17H25N3O. The molecule has 2 aliphatic rings. The number of nitrogens with one attached hydrogen (secondary N) is 1. The smallest absolute Gasteiger partial charge is 0.253 e. The molecule has 114 valence electrons. The van der Waals surface area contributed by atoms with Crippen molar-refractivity contribution in [2.24, 2.45) is 0 Å². The fourth-order valence-electron chi connectivity index (χ4n) is 3.38. The molecule has 1 fully saturated rings. The Bertz CT molecular complexity index is 519. The van der Waals surface area contributed by atoms with Gasteiger partial charge in [-0.05, 0) is 63.2 Å². The number of carbonyl (C=O) groups is 1. The molecule has 3 rings (SSSR count). The highest BCUT2D eigenvalue weighted by Crippen LogP contribution is 2.20. The minimum Gasteiger partial charge on any atom is -0.339 e. The van der Waals surface area contributed by atoms with Gasteiger partial charge in [0.1, 0.15) is 0 Å². The van der Waals surface area contributed by atoms with Gasteiger partial charge in [-0.1, -0.05) is 6.07 Å². The Morgan fingerprint density at radius 1 is 1.24 bits per heavy atom. The highest BCUT2D eigenvalue weighted by Gasteiger charge is 2.25. The normalized spacial score (nSPS) is 19.7. The van der Waals surface area contributed by atoms with Crippen LogP contribution in [0.5, 0.6) is 0 Å². The summed E-state index contributed by atoms with van der Waals surface area (Å²) in [5.74, 6) is 0.202. The van der Waals surface area contributed by atoms with Crippen molar-refractivity contribution < 1.29 is 4.79 Å². The summed E-state index contributed by atoms with van der Waals surface area (Å²) in [4.78, 5) is 16.9. The van der Waals surface area contributed by atoms with Crippen LogP contribution in [0.25, 0.3) is 0 Å². The molecule has 1 aromatic carbocycles. The summed E-state index contributed by atoms with van der Waals surface area (Å²) in [6.07, 6.45) is 3.18. The highest BCUT2D eigenvalue weighted by molar-refractivity contribution is 5.94. The van der Waals surface area contributed by atoms with Crippen molar-refractivity contribution in [2.75, 3.05) is 33.7 Å². The minimum absolute atomic E-state index is 0.202. The van der Waals surface area contributed by atoms with Gasteiger partial charge in [-0.15, -0.1) is 0 Å². The number of carbonyl (C=O) groups excluding carboxylic acids is 1. The summed E-state index contributed by atoms with van der Waals surface area (Å²) >= 11 is 0. The van der Waals surface area contributed by atoms with E-state index in [1.54, 1.807) is 0 Å². The first kappa shape index (κ1) is 14.5. The van der Waals surface area contributed by atoms with E-state index in [9.17, 15) is 4.79 Å². The van der Waals surface area contributed by atoms with Gasteiger partial charge in [0.25, 0.3) is 5.91 Å². The number of amides is 1. The van der Waals surface area contributed by atoms with Crippen LogP contribution in [0.2, 0.25) is 0 Å². The average molecular weight is 287 g/mol. The Kier molecular flexibility index (Phi) is 4.27. The molecule has 4 heteroatoms. The second kappa shape index (κ2) is 6.16. The van der Waals surface area contributed by atoms with E-state index in [2.05, 4.69) is 36.4 Å². The van der Waals surface area contributed by atoms with Gasteiger partial charge < -0.3 is 15.1 Å². The van der Waals surface area contributed by atoms with Gasteiger partial charge in [0.2, 0.25) is 0 Å². The van der Waals surface area contributed by atoms with Gasteiger partial charge in [-0.3, -0.25) is 4.79 Å². The molecule has 0 aromatic heterocycles. The SMILES string of the molecule is CN(C)C1CCN(C(=O)c2ccc3c(c2)CCNC3)CC1. The molecule has 0 spiro atoms. The van der Waals surface area contributed by atoms with E-state index < -0.39 is 0 Å². The number of nitrogens with zero attached hydrogens (tertiary/aromatic N) is 2. The number of likely N-dealkylation sites (tertiary alicyclic amines) is 1. The van der Waals surface area contributed by atoms with Crippen molar-refractivity contribution in [2.45, 2.75) is 31.8 Å². The molecule has 0 atom stereocenters. The van der Waals surface area contributed by atoms with Crippen LogP contribution < -0.4 is 5.32 Å². The molecule has 1 saturated heterocycles. The maximum atomic E-state index is 12.7. The van der Waals surface area contributed by atoms with Gasteiger partial charge in [0.05, 0.1) is 0 Å². The molecule has 2 aliphatic heterocycles. The molecule has 1 aromatic rings. The van der Waals surface area contributed by atoms with Crippen LogP contribution in [0.4, 0.5) is 0 Å². The third-order valence-corrected chi connectivity index (χ3v) is 4.82. The summed E-state index contributed by atoms with van der Waals surface area (Å²) in [6, 6.07) is 6.83. The first-order chi connectivity index (χ1) is 10.1. The lowest BCUT2D eigenvalue weighted by molar-refractivity contribution is 0.0663.